The minimum absolute atomic E-state index is 0.0531. The van der Waals surface area contributed by atoms with Gasteiger partial charge in [-0.25, -0.2) is 13.2 Å². The fourth-order valence-corrected chi connectivity index (χ4v) is 5.91. The number of aromatic nitrogens is 3. The molecule has 4 heterocycles. The summed E-state index contributed by atoms with van der Waals surface area (Å²) in [5.74, 6) is 0.459. The molecule has 1 atom stereocenters. The lowest BCUT2D eigenvalue weighted by Gasteiger charge is -2.32. The molecule has 0 bridgehead atoms. The van der Waals surface area contributed by atoms with Gasteiger partial charge in [0.1, 0.15) is 0 Å². The largest absolute Gasteiger partial charge is 0.419 e. The van der Waals surface area contributed by atoms with Gasteiger partial charge in [-0.1, -0.05) is 5.16 Å². The maximum Gasteiger partial charge on any atom is 0.419 e. The van der Waals surface area contributed by atoms with E-state index < -0.39 is 15.8 Å². The summed E-state index contributed by atoms with van der Waals surface area (Å²) in [4.78, 5) is 31.0. The van der Waals surface area contributed by atoms with Crippen LogP contribution in [0.25, 0.3) is 11.1 Å². The van der Waals surface area contributed by atoms with E-state index in [1.54, 1.807) is 11.9 Å². The molecule has 5 rings (SSSR count). The van der Waals surface area contributed by atoms with Crippen LogP contribution in [0.15, 0.2) is 36.8 Å². The number of hydrogen-bond acceptors (Lipinski definition) is 9. The minimum atomic E-state index is -3.98. The molecule has 3 aromatic rings. The molecule has 0 N–H and O–H groups in total. The number of nitrogens with zero attached hydrogens (tertiary/aromatic N) is 5. The first-order valence-electron chi connectivity index (χ1n) is 12.0. The third-order valence-electron chi connectivity index (χ3n) is 7.00. The zero-order valence-electron chi connectivity index (χ0n) is 20.3. The van der Waals surface area contributed by atoms with Gasteiger partial charge in [-0.3, -0.25) is 9.36 Å². The molecule has 1 unspecified atom stereocenters. The molecule has 0 spiro atoms. The van der Waals surface area contributed by atoms with Gasteiger partial charge in [-0.05, 0) is 37.8 Å². The highest BCUT2D eigenvalue weighted by molar-refractivity contribution is 7.89. The first-order chi connectivity index (χ1) is 17.2. The number of piperidine rings is 1. The first kappa shape index (κ1) is 24.7. The third kappa shape index (κ3) is 4.70. The summed E-state index contributed by atoms with van der Waals surface area (Å²) in [6.45, 7) is 1.98. The van der Waals surface area contributed by atoms with Crippen LogP contribution in [0, 0.1) is 0 Å². The molecule has 2 aliphatic heterocycles. The third-order valence-corrected chi connectivity index (χ3v) is 8.80. The second-order valence-corrected chi connectivity index (χ2v) is 11.4. The topological polar surface area (TPSA) is 141 Å². The van der Waals surface area contributed by atoms with E-state index >= 15 is 0 Å². The van der Waals surface area contributed by atoms with Crippen molar-refractivity contribution in [3.8, 4) is 0 Å². The number of carbonyl (C=O) groups excluding carboxylic acids is 1. The van der Waals surface area contributed by atoms with E-state index in [1.165, 1.54) is 29.8 Å². The number of carbonyl (C=O) groups is 1. The van der Waals surface area contributed by atoms with Gasteiger partial charge in [0.15, 0.2) is 11.4 Å². The molecule has 2 saturated heterocycles. The van der Waals surface area contributed by atoms with E-state index in [0.717, 1.165) is 30.0 Å². The fourth-order valence-electron chi connectivity index (χ4n) is 4.77. The molecule has 0 aliphatic carbocycles. The summed E-state index contributed by atoms with van der Waals surface area (Å²) in [5, 5.41) is 4.17. The lowest BCUT2D eigenvalue weighted by Crippen LogP contribution is -2.45. The van der Waals surface area contributed by atoms with E-state index in [-0.39, 0.29) is 34.8 Å². The standard InChI is InChI=1S/C23H29N5O7S/c1-26(36(31,32)17-5-6-18-19(12-17)34-23(30)27(18)2)14-20(29)28-9-3-4-16(13-28)22-24-21(25-35-22)15-7-10-33-11-8-15/h5-6,12,15-16H,3-4,7-11,13-14H2,1-2H3. The lowest BCUT2D eigenvalue weighted by atomic mass is 9.97. The Morgan fingerprint density at radius 3 is 2.75 bits per heavy atom. The van der Waals surface area contributed by atoms with Crippen LogP contribution in [0.4, 0.5) is 0 Å². The number of rotatable bonds is 6. The van der Waals surface area contributed by atoms with Gasteiger partial charge >= 0.3 is 5.76 Å². The van der Waals surface area contributed by atoms with Crippen molar-refractivity contribution in [2.75, 3.05) is 39.9 Å². The van der Waals surface area contributed by atoms with Crippen LogP contribution in [-0.4, -0.2) is 78.1 Å². The average Bonchev–Trinajstić information content (AvgIpc) is 3.49. The number of benzene rings is 1. The zero-order chi connectivity index (χ0) is 25.4. The molecule has 0 radical (unpaired) electrons. The van der Waals surface area contributed by atoms with Crippen molar-refractivity contribution in [3.05, 3.63) is 40.5 Å². The summed E-state index contributed by atoms with van der Waals surface area (Å²) in [7, 11) is -1.08. The summed E-state index contributed by atoms with van der Waals surface area (Å²) in [5.41, 5.74) is 0.653. The minimum Gasteiger partial charge on any atom is -0.408 e. The summed E-state index contributed by atoms with van der Waals surface area (Å²) in [6, 6.07) is 4.21. The highest BCUT2D eigenvalue weighted by atomic mass is 32.2. The van der Waals surface area contributed by atoms with Crippen LogP contribution < -0.4 is 5.76 Å². The molecule has 1 aromatic carbocycles. The van der Waals surface area contributed by atoms with Gasteiger partial charge in [0.05, 0.1) is 22.9 Å². The van der Waals surface area contributed by atoms with Crippen molar-refractivity contribution < 1.29 is 26.9 Å². The Kier molecular flexibility index (Phi) is 6.70. The maximum atomic E-state index is 13.1. The number of aryl methyl sites for hydroxylation is 1. The van der Waals surface area contributed by atoms with Crippen molar-refractivity contribution in [2.45, 2.75) is 42.4 Å². The number of likely N-dealkylation sites (N-methyl/N-ethyl adjacent to an activating group) is 1. The first-order valence-corrected chi connectivity index (χ1v) is 13.4. The molecule has 194 valence electrons. The van der Waals surface area contributed by atoms with Crippen molar-refractivity contribution in [1.29, 1.82) is 0 Å². The summed E-state index contributed by atoms with van der Waals surface area (Å²) < 4.78 is 44.6. The summed E-state index contributed by atoms with van der Waals surface area (Å²) >= 11 is 0. The van der Waals surface area contributed by atoms with Crippen molar-refractivity contribution >= 4 is 27.0 Å². The molecular formula is C23H29N5O7S. The smallest absolute Gasteiger partial charge is 0.408 e. The molecule has 12 nitrogen and oxygen atoms in total. The maximum absolute atomic E-state index is 13.1. The Balaban J connectivity index is 1.25. The SMILES string of the molecule is CN(CC(=O)N1CCCC(c2nc(C3CCOCC3)no2)C1)S(=O)(=O)c1ccc2c(c1)oc(=O)n2C. The predicted octanol–water partition coefficient (Wildman–Crippen LogP) is 1.44. The Hall–Kier alpha value is -3.03. The van der Waals surface area contributed by atoms with Gasteiger partial charge in [0, 0.05) is 52.4 Å². The van der Waals surface area contributed by atoms with Crippen molar-refractivity contribution in [3.63, 3.8) is 0 Å². The highest BCUT2D eigenvalue weighted by Gasteiger charge is 2.32. The quantitative estimate of drug-likeness (QED) is 0.473. The number of fused-ring (bicyclic) bond motifs is 1. The van der Waals surface area contributed by atoms with Crippen LogP contribution in [0.1, 0.15) is 49.2 Å². The fraction of sp³-hybridized carbons (Fsp3) is 0.565. The van der Waals surface area contributed by atoms with E-state index in [9.17, 15) is 18.0 Å². The number of amides is 1. The van der Waals surface area contributed by atoms with E-state index in [0.29, 0.717) is 43.5 Å². The van der Waals surface area contributed by atoms with Gasteiger partial charge in [-0.15, -0.1) is 0 Å². The zero-order valence-corrected chi connectivity index (χ0v) is 21.1. The molecule has 2 aliphatic rings. The van der Waals surface area contributed by atoms with Crippen LogP contribution in [-0.2, 0) is 26.6 Å². The number of hydrogen-bond donors (Lipinski definition) is 0. The monoisotopic (exact) mass is 519 g/mol. The lowest BCUT2D eigenvalue weighted by molar-refractivity contribution is -0.132. The Morgan fingerprint density at radius 1 is 1.19 bits per heavy atom. The Morgan fingerprint density at radius 2 is 1.97 bits per heavy atom. The van der Waals surface area contributed by atoms with Gasteiger partial charge in [0.25, 0.3) is 0 Å². The second kappa shape index (κ2) is 9.79. The van der Waals surface area contributed by atoms with Gasteiger partial charge in [-0.2, -0.15) is 9.29 Å². The molecule has 13 heteroatoms. The molecule has 0 saturated carbocycles. The van der Waals surface area contributed by atoms with Crippen LogP contribution >= 0.6 is 0 Å². The molecule has 1 amide bonds. The number of oxazole rings is 1. The van der Waals surface area contributed by atoms with Crippen LogP contribution in [0.2, 0.25) is 0 Å². The van der Waals surface area contributed by atoms with Crippen molar-refractivity contribution in [1.82, 2.24) is 23.9 Å². The Bertz CT molecular complexity index is 1420. The van der Waals surface area contributed by atoms with E-state index in [4.69, 9.17) is 13.7 Å². The van der Waals surface area contributed by atoms with Gasteiger partial charge < -0.3 is 18.6 Å². The second-order valence-electron chi connectivity index (χ2n) is 9.37. The summed E-state index contributed by atoms with van der Waals surface area (Å²) in [6.07, 6.45) is 3.29. The predicted molar refractivity (Wildman–Crippen MR) is 127 cm³/mol. The number of ether oxygens (including phenoxy) is 1. The van der Waals surface area contributed by atoms with Crippen LogP contribution in [0.3, 0.4) is 0 Å². The number of sulfonamides is 1. The molecule has 2 aromatic heterocycles. The highest BCUT2D eigenvalue weighted by Crippen LogP contribution is 2.30. The van der Waals surface area contributed by atoms with Gasteiger partial charge in [0.2, 0.25) is 21.8 Å². The van der Waals surface area contributed by atoms with E-state index in [2.05, 4.69) is 10.1 Å². The molecular weight excluding hydrogens is 490 g/mol. The molecule has 2 fully saturated rings. The van der Waals surface area contributed by atoms with Crippen molar-refractivity contribution in [2.24, 2.45) is 7.05 Å². The normalized spacial score (nSPS) is 19.9. The van der Waals surface area contributed by atoms with E-state index in [1.807, 2.05) is 0 Å². The van der Waals surface area contributed by atoms with Crippen LogP contribution in [0.5, 0.6) is 0 Å². The molecule has 36 heavy (non-hydrogen) atoms. The number of likely N-dealkylation sites (tertiary alicyclic amines) is 1. The average molecular weight is 520 g/mol. The Labute approximate surface area is 207 Å².